The van der Waals surface area contributed by atoms with E-state index in [0.717, 1.165) is 83.1 Å². The fraction of sp³-hybridized carbons (Fsp3) is 0.711. The Bertz CT molecular complexity index is 3910. The highest BCUT2D eigenvalue weighted by Crippen LogP contribution is 2.34. The van der Waals surface area contributed by atoms with Gasteiger partial charge in [-0.15, -0.1) is 11.3 Å². The predicted molar refractivity (Wildman–Crippen MR) is 486 cm³/mol. The van der Waals surface area contributed by atoms with Crippen LogP contribution in [0.1, 0.15) is 177 Å². The quantitative estimate of drug-likeness (QED) is 0.00396. The smallest absolute Gasteiger partial charge is 0.311 e. The summed E-state index contributed by atoms with van der Waals surface area (Å²) in [5.41, 5.74) is 19.3. The van der Waals surface area contributed by atoms with Crippen LogP contribution in [-0.2, 0) is 94.5 Å². The fourth-order valence-corrected chi connectivity index (χ4v) is 35.6. The molecule has 0 aliphatic carbocycles. The molecule has 33 nitrogen and oxygen atoms in total. The fourth-order valence-electron chi connectivity index (χ4n) is 13.9. The zero-order chi connectivity index (χ0) is 90.2. The number of piperidine rings is 1. The number of thioether (sulfide) groups is 2. The number of nitrogens with zero attached hydrogens (tertiary/aromatic N) is 13. The van der Waals surface area contributed by atoms with Crippen LogP contribution in [0.15, 0.2) is 75.0 Å². The number of carbonyl (C=O) groups is 7. The Morgan fingerprint density at radius 2 is 1.16 bits per heavy atom. The van der Waals surface area contributed by atoms with E-state index in [1.165, 1.54) is 11.8 Å². The first kappa shape index (κ1) is 107. The lowest BCUT2D eigenvalue weighted by Crippen LogP contribution is -2.59. The molecule has 3 aromatic heterocycles. The molecule has 0 saturated carbocycles. The maximum absolute atomic E-state index is 15.2. The number of unbranched alkanes of at least 4 members (excludes halogenated alkanes) is 2. The molecule has 4 heterocycles. The van der Waals surface area contributed by atoms with Gasteiger partial charge in [0.25, 0.3) is 5.91 Å². The number of likely N-dealkylation sites (tertiary alicyclic amines) is 1. The zero-order valence-electron chi connectivity index (χ0n) is 75.5. The van der Waals surface area contributed by atoms with Crippen LogP contribution in [0.4, 0.5) is 0 Å². The van der Waals surface area contributed by atoms with Crippen molar-refractivity contribution < 1.29 is 84.4 Å². The van der Waals surface area contributed by atoms with Crippen LogP contribution in [-0.4, -0.2) is 244 Å². The van der Waals surface area contributed by atoms with Gasteiger partial charge in [-0.2, -0.15) is 0 Å². The van der Waals surface area contributed by atoms with E-state index in [1.54, 1.807) is 65.8 Å². The molecule has 1 fully saturated rings. The maximum Gasteiger partial charge on any atom is 0.311 e. The third-order valence-corrected chi connectivity index (χ3v) is 40.9. The topological polar surface area (TPSA) is 414 Å². The summed E-state index contributed by atoms with van der Waals surface area (Å²) >= 11 is 4.29. The molecule has 5 rings (SSSR count). The van der Waals surface area contributed by atoms with E-state index in [2.05, 4.69) is 103 Å². The molecule has 0 radical (unpaired) electrons. The summed E-state index contributed by atoms with van der Waals surface area (Å²) in [6.45, 7) is 36.0. The number of carbonyl (C=O) groups excluding carboxylic acids is 7. The molecule has 2 N–H and O–H groups in total. The Morgan fingerprint density at radius 1 is 0.642 bits per heavy atom. The van der Waals surface area contributed by atoms with Gasteiger partial charge in [-0.05, 0) is 164 Å². The van der Waals surface area contributed by atoms with Gasteiger partial charge >= 0.3 is 17.9 Å². The lowest BCUT2D eigenvalue weighted by Gasteiger charge is -2.39. The van der Waals surface area contributed by atoms with Gasteiger partial charge in [0.15, 0.2) is 56.4 Å². The van der Waals surface area contributed by atoms with Gasteiger partial charge in [0, 0.05) is 126 Å². The predicted octanol–water partition coefficient (Wildman–Crippen LogP) is 15.3. The number of likely N-dealkylation sites (N-methyl/N-ethyl adjacent to an activating group) is 1. The Labute approximate surface area is 744 Å². The Kier molecular flexibility index (Phi) is 50.3. The van der Waals surface area contributed by atoms with Gasteiger partial charge < -0.3 is 66.4 Å². The number of azide groups is 2. The summed E-state index contributed by atoms with van der Waals surface area (Å²) < 4.78 is 64.8. The van der Waals surface area contributed by atoms with Crippen molar-refractivity contribution in [1.29, 1.82) is 0 Å². The number of amides is 3. The standard InChI is InChI=1S/C83H137N15O18S3Si4/c1-17-25-75(101)112-58-98(81(105)77(62(5)18-2)94-79(104)71-26-19-22-35-97(71)8)72(61(3)4)50-74(113-64(7)99)80-93-70(57-117-80)78(103)92-68(48-63(6)73(100)27-20-23-46-120(9,10)115-122(13,14)59-118-82-86-51-66(52-87-82)55-110-44-42-108-40-38-106-36-33-90-95-84)49-65-29-31-69(32-30-65)114-76(102)28-21-24-47-121(11,12)116-123(15,16)60-119-83-88-53-67(54-89-83)56-111-45-43-109-41-39-107-37-34-91-96-85/h29-32,51-54,57,61-63,68,71-72,74,77H,17-28,33-50,55-56,58-60H2,1-16H3,(H,92,103)(H,94,104)/t62?,63-,68+,71+,72+,74+,77-/m1/s1. The van der Waals surface area contributed by atoms with Crippen molar-refractivity contribution in [2.24, 2.45) is 28.0 Å². The Hall–Kier alpha value is -6.67. The summed E-state index contributed by atoms with van der Waals surface area (Å²) in [7, 11) is -6.74. The van der Waals surface area contributed by atoms with E-state index in [0.29, 0.717) is 145 Å². The van der Waals surface area contributed by atoms with Crippen molar-refractivity contribution in [3.8, 4) is 5.75 Å². The third-order valence-electron chi connectivity index (χ3n) is 20.3. The molecular weight excluding hydrogens is 1700 g/mol. The van der Waals surface area contributed by atoms with E-state index in [1.807, 2.05) is 65.6 Å². The van der Waals surface area contributed by atoms with Crippen LogP contribution in [0.5, 0.6) is 5.75 Å². The molecule has 1 aliphatic rings. The van der Waals surface area contributed by atoms with Gasteiger partial charge in [0.2, 0.25) is 11.8 Å². The van der Waals surface area contributed by atoms with Gasteiger partial charge in [0.1, 0.15) is 28.3 Å². The van der Waals surface area contributed by atoms with Crippen LogP contribution >= 0.6 is 34.9 Å². The SMILES string of the molecule is CCCC(=O)OCN(C(=O)[C@H](NC(=O)[C@@H]1CCCCN1C)C(C)CC)[C@@H](C[C@H](OC(C)=O)c1nc(C(=O)N[C@H](Cc2ccc(OC(=O)CCCC[Si](C)(C)O[Si](C)(C)CSc3ncc(COCCOCCOCCN=[N+]=[N-])cn3)cc2)C[C@@H](C)C(=O)CCCC[Si](C)(C)O[Si](C)(C)CSc2ncc(COCCOCCOCCN=[N+]=[N-])cn2)cs1)C(C)C. The number of aromatic nitrogens is 5. The number of hydrogen-bond donors (Lipinski definition) is 2. The first-order valence-corrected chi connectivity index (χ1v) is 58.4. The van der Waals surface area contributed by atoms with E-state index in [-0.39, 0.29) is 74.0 Å². The van der Waals surface area contributed by atoms with Crippen LogP contribution < -0.4 is 15.4 Å². The first-order chi connectivity index (χ1) is 58.6. The number of ketones is 1. The number of hydrogen-bond acceptors (Lipinski definition) is 29. The van der Waals surface area contributed by atoms with Crippen LogP contribution in [0, 0.1) is 17.8 Å². The van der Waals surface area contributed by atoms with E-state index in [4.69, 9.17) is 66.9 Å². The molecule has 0 bridgehead atoms. The van der Waals surface area contributed by atoms with Crippen molar-refractivity contribution in [3.05, 3.63) is 103 Å². The van der Waals surface area contributed by atoms with Crippen LogP contribution in [0.3, 0.4) is 0 Å². The number of Topliss-reactive ketones (excluding diaryl/α,β-unsaturated/α-hetero) is 1. The van der Waals surface area contributed by atoms with Crippen LogP contribution in [0.2, 0.25) is 64.5 Å². The highest BCUT2D eigenvalue weighted by Gasteiger charge is 2.41. The highest BCUT2D eigenvalue weighted by atomic mass is 32.2. The normalized spacial score (nSPS) is 14.9. The molecule has 7 atom stereocenters. The summed E-state index contributed by atoms with van der Waals surface area (Å²) in [6.07, 6.45) is 13.8. The monoisotopic (exact) mass is 1840 g/mol. The molecule has 1 saturated heterocycles. The lowest BCUT2D eigenvalue weighted by atomic mass is 9.91. The van der Waals surface area contributed by atoms with E-state index >= 15 is 4.79 Å². The minimum absolute atomic E-state index is 0.00636. The second-order valence-electron chi connectivity index (χ2n) is 33.8. The average molecular weight is 1840 g/mol. The summed E-state index contributed by atoms with van der Waals surface area (Å²) in [5.74, 6) is -3.34. The number of esters is 3. The molecule has 3 amide bonds. The molecule has 4 aromatic rings. The third kappa shape index (κ3) is 44.1. The van der Waals surface area contributed by atoms with Crippen molar-refractivity contribution in [3.63, 3.8) is 0 Å². The number of thiazole rings is 1. The summed E-state index contributed by atoms with van der Waals surface area (Å²) in [6, 6.07) is 6.19. The minimum atomic E-state index is -2.19. The number of ether oxygens (including phenoxy) is 9. The van der Waals surface area contributed by atoms with Gasteiger partial charge in [-0.3, -0.25) is 38.5 Å². The van der Waals surface area contributed by atoms with Crippen molar-refractivity contribution in [2.75, 3.05) is 110 Å². The molecule has 1 aromatic carbocycles. The van der Waals surface area contributed by atoms with Crippen molar-refractivity contribution in [1.82, 2.24) is 45.4 Å². The van der Waals surface area contributed by atoms with Crippen LogP contribution in [0.25, 0.3) is 20.9 Å². The average Bonchev–Trinajstić information content (AvgIpc) is 1.72. The molecular formula is C83H137N15O18S3Si4. The molecule has 0 spiro atoms. The second-order valence-corrected chi connectivity index (χ2v) is 55.0. The highest BCUT2D eigenvalue weighted by molar-refractivity contribution is 8.01. The molecule has 1 aliphatic heterocycles. The van der Waals surface area contributed by atoms with E-state index < -0.39 is 99.9 Å². The Balaban J connectivity index is 1.22. The first-order valence-electron chi connectivity index (χ1n) is 43.1. The minimum Gasteiger partial charge on any atom is -0.455 e. The van der Waals surface area contributed by atoms with Crippen molar-refractivity contribution in [2.45, 2.75) is 263 Å². The second kappa shape index (κ2) is 57.9. The van der Waals surface area contributed by atoms with E-state index in [9.17, 15) is 28.8 Å². The lowest BCUT2D eigenvalue weighted by molar-refractivity contribution is -0.160. The molecule has 123 heavy (non-hydrogen) atoms. The number of nitrogens with one attached hydrogen (secondary N) is 2. The van der Waals surface area contributed by atoms with Gasteiger partial charge in [-0.25, -0.2) is 24.9 Å². The molecule has 40 heteroatoms. The zero-order valence-corrected chi connectivity index (χ0v) is 81.9. The van der Waals surface area contributed by atoms with Gasteiger partial charge in [-0.1, -0.05) is 113 Å². The van der Waals surface area contributed by atoms with Crippen molar-refractivity contribution >= 4 is 110 Å². The number of benzene rings is 1. The largest absolute Gasteiger partial charge is 0.455 e. The summed E-state index contributed by atoms with van der Waals surface area (Å²) in [5, 5.41) is 17.9. The summed E-state index contributed by atoms with van der Waals surface area (Å²) in [4.78, 5) is 130. The molecule has 1 unspecified atom stereocenters. The maximum atomic E-state index is 15.2. The van der Waals surface area contributed by atoms with Gasteiger partial charge in [0.05, 0.1) is 85.3 Å². The Morgan fingerprint density at radius 3 is 1.66 bits per heavy atom. The molecule has 686 valence electrons. The number of rotatable bonds is 65.